The summed E-state index contributed by atoms with van der Waals surface area (Å²) < 4.78 is 17.8. The Morgan fingerprint density at radius 1 is 1.44 bits per heavy atom. The normalized spacial score (nSPS) is 16.3. The minimum atomic E-state index is -0.522. The van der Waals surface area contributed by atoms with Crippen LogP contribution in [0.5, 0.6) is 0 Å². The highest BCUT2D eigenvalue weighted by molar-refractivity contribution is 5.95. The van der Waals surface area contributed by atoms with E-state index in [1.54, 1.807) is 6.07 Å². The van der Waals surface area contributed by atoms with Gasteiger partial charge in [-0.1, -0.05) is 0 Å². The molecule has 0 saturated carbocycles. The van der Waals surface area contributed by atoms with E-state index in [2.05, 4.69) is 15.4 Å². The molecule has 1 aliphatic rings. The molecule has 0 aromatic heterocycles. The van der Waals surface area contributed by atoms with E-state index in [1.165, 1.54) is 19.2 Å². The van der Waals surface area contributed by atoms with Crippen LogP contribution in [0.4, 0.5) is 10.1 Å². The molecule has 2 rings (SSSR count). The summed E-state index contributed by atoms with van der Waals surface area (Å²) in [5.41, 5.74) is 0.881. The van der Waals surface area contributed by atoms with Gasteiger partial charge >= 0.3 is 5.97 Å². The van der Waals surface area contributed by atoms with Crippen LogP contribution < -0.4 is 10.6 Å². The first kappa shape index (κ1) is 12.8. The van der Waals surface area contributed by atoms with E-state index < -0.39 is 11.8 Å². The Kier molecular flexibility index (Phi) is 4.15. The van der Waals surface area contributed by atoms with Crippen molar-refractivity contribution in [3.05, 3.63) is 29.6 Å². The summed E-state index contributed by atoms with van der Waals surface area (Å²) in [6, 6.07) is 4.44. The Labute approximate surface area is 106 Å². The lowest BCUT2D eigenvalue weighted by atomic mass is 10.1. The number of carbonyl (C=O) groups is 1. The predicted octanol–water partition coefficient (Wildman–Crippen LogP) is 1.78. The van der Waals surface area contributed by atoms with Gasteiger partial charge in [0.1, 0.15) is 5.82 Å². The van der Waals surface area contributed by atoms with E-state index in [1.807, 2.05) is 0 Å². The highest BCUT2D eigenvalue weighted by Gasteiger charge is 2.17. The van der Waals surface area contributed by atoms with E-state index in [-0.39, 0.29) is 5.56 Å². The number of carbonyl (C=O) groups excluding carboxylic acids is 1. The number of piperidine rings is 1. The van der Waals surface area contributed by atoms with Gasteiger partial charge in [0.2, 0.25) is 0 Å². The van der Waals surface area contributed by atoms with Crippen molar-refractivity contribution >= 4 is 11.7 Å². The maximum Gasteiger partial charge on any atom is 0.340 e. The van der Waals surface area contributed by atoms with Gasteiger partial charge in [-0.15, -0.1) is 0 Å². The van der Waals surface area contributed by atoms with Crippen LogP contribution in [-0.4, -0.2) is 32.2 Å². The molecule has 5 heteroatoms. The van der Waals surface area contributed by atoms with Crippen LogP contribution in [0, 0.1) is 5.82 Å². The minimum absolute atomic E-state index is 0.246. The number of benzene rings is 1. The maximum absolute atomic E-state index is 13.2. The summed E-state index contributed by atoms with van der Waals surface area (Å²) in [4.78, 5) is 11.6. The second-order valence-electron chi connectivity index (χ2n) is 4.35. The number of rotatable bonds is 3. The number of methoxy groups -OCH3 is 1. The summed E-state index contributed by atoms with van der Waals surface area (Å²) in [5, 5.41) is 6.55. The molecular formula is C13H17FN2O2. The Morgan fingerprint density at radius 2 is 2.17 bits per heavy atom. The molecule has 2 N–H and O–H groups in total. The van der Waals surface area contributed by atoms with Crippen molar-refractivity contribution in [3.8, 4) is 0 Å². The third kappa shape index (κ3) is 2.98. The first-order valence-electron chi connectivity index (χ1n) is 6.06. The molecule has 0 atom stereocenters. The van der Waals surface area contributed by atoms with E-state index in [9.17, 15) is 9.18 Å². The molecule has 1 aliphatic heterocycles. The monoisotopic (exact) mass is 252 g/mol. The van der Waals surface area contributed by atoms with Gasteiger partial charge in [-0.2, -0.15) is 0 Å². The van der Waals surface area contributed by atoms with E-state index in [0.29, 0.717) is 11.7 Å². The number of halogens is 1. The van der Waals surface area contributed by atoms with Crippen LogP contribution in [0.1, 0.15) is 23.2 Å². The average molecular weight is 252 g/mol. The van der Waals surface area contributed by atoms with E-state index >= 15 is 0 Å². The Morgan fingerprint density at radius 3 is 2.83 bits per heavy atom. The van der Waals surface area contributed by atoms with Crippen molar-refractivity contribution in [2.75, 3.05) is 25.5 Å². The van der Waals surface area contributed by atoms with Crippen LogP contribution in [0.3, 0.4) is 0 Å². The standard InChI is InChI=1S/C13H17FN2O2/c1-18-13(17)11-8-9(14)2-3-12(11)16-10-4-6-15-7-5-10/h2-3,8,10,15-16H,4-7H2,1H3. The zero-order valence-electron chi connectivity index (χ0n) is 10.3. The third-order valence-corrected chi connectivity index (χ3v) is 3.09. The van der Waals surface area contributed by atoms with Crippen molar-refractivity contribution in [3.63, 3.8) is 0 Å². The Balaban J connectivity index is 2.17. The van der Waals surface area contributed by atoms with Crippen LogP contribution in [0.2, 0.25) is 0 Å². The topological polar surface area (TPSA) is 50.4 Å². The Hall–Kier alpha value is -1.62. The van der Waals surface area contributed by atoms with Gasteiger partial charge in [0, 0.05) is 11.7 Å². The van der Waals surface area contributed by atoms with Crippen molar-refractivity contribution in [2.24, 2.45) is 0 Å². The third-order valence-electron chi connectivity index (χ3n) is 3.09. The Bertz CT molecular complexity index is 431. The molecule has 0 radical (unpaired) electrons. The van der Waals surface area contributed by atoms with Crippen LogP contribution in [0.25, 0.3) is 0 Å². The molecule has 0 amide bonds. The molecule has 1 saturated heterocycles. The molecule has 0 spiro atoms. The average Bonchev–Trinajstić information content (AvgIpc) is 2.41. The highest BCUT2D eigenvalue weighted by atomic mass is 19.1. The summed E-state index contributed by atoms with van der Waals surface area (Å²) in [7, 11) is 1.29. The van der Waals surface area contributed by atoms with Crippen LogP contribution in [0.15, 0.2) is 18.2 Å². The highest BCUT2D eigenvalue weighted by Crippen LogP contribution is 2.21. The quantitative estimate of drug-likeness (QED) is 0.805. The number of esters is 1. The van der Waals surface area contributed by atoms with Crippen LogP contribution in [-0.2, 0) is 4.74 Å². The van der Waals surface area contributed by atoms with Crippen molar-refractivity contribution in [1.82, 2.24) is 5.32 Å². The summed E-state index contributed by atoms with van der Waals surface area (Å²) >= 11 is 0. The van der Waals surface area contributed by atoms with Crippen molar-refractivity contribution in [1.29, 1.82) is 0 Å². The number of hydrogen-bond acceptors (Lipinski definition) is 4. The minimum Gasteiger partial charge on any atom is -0.465 e. The molecule has 4 nitrogen and oxygen atoms in total. The zero-order chi connectivity index (χ0) is 13.0. The number of ether oxygens (including phenoxy) is 1. The summed E-state index contributed by atoms with van der Waals surface area (Å²) in [5.74, 6) is -0.961. The SMILES string of the molecule is COC(=O)c1cc(F)ccc1NC1CCNCC1. The molecule has 98 valence electrons. The van der Waals surface area contributed by atoms with Gasteiger partial charge in [0.25, 0.3) is 0 Å². The van der Waals surface area contributed by atoms with Gasteiger partial charge in [-0.05, 0) is 44.1 Å². The molecule has 18 heavy (non-hydrogen) atoms. The van der Waals surface area contributed by atoms with Crippen LogP contribution >= 0.6 is 0 Å². The molecule has 1 heterocycles. The number of anilines is 1. The van der Waals surface area contributed by atoms with Gasteiger partial charge in [-0.3, -0.25) is 0 Å². The van der Waals surface area contributed by atoms with Crippen molar-refractivity contribution < 1.29 is 13.9 Å². The molecule has 0 unspecified atom stereocenters. The second kappa shape index (κ2) is 5.82. The van der Waals surface area contributed by atoms with Gasteiger partial charge in [0.05, 0.1) is 12.7 Å². The molecule has 0 aliphatic carbocycles. The van der Waals surface area contributed by atoms with Gasteiger partial charge in [-0.25, -0.2) is 9.18 Å². The lowest BCUT2D eigenvalue weighted by Crippen LogP contribution is -2.35. The van der Waals surface area contributed by atoms with Gasteiger partial charge < -0.3 is 15.4 Å². The van der Waals surface area contributed by atoms with E-state index in [0.717, 1.165) is 25.9 Å². The number of nitrogens with one attached hydrogen (secondary N) is 2. The summed E-state index contributed by atoms with van der Waals surface area (Å²) in [6.45, 7) is 1.90. The maximum atomic E-state index is 13.2. The zero-order valence-corrected chi connectivity index (χ0v) is 10.3. The molecule has 1 aromatic carbocycles. The smallest absolute Gasteiger partial charge is 0.340 e. The lowest BCUT2D eigenvalue weighted by molar-refractivity contribution is 0.0601. The number of hydrogen-bond donors (Lipinski definition) is 2. The fraction of sp³-hybridized carbons (Fsp3) is 0.462. The fourth-order valence-corrected chi connectivity index (χ4v) is 2.11. The van der Waals surface area contributed by atoms with E-state index in [4.69, 9.17) is 0 Å². The first-order chi connectivity index (χ1) is 8.70. The fourth-order valence-electron chi connectivity index (χ4n) is 2.11. The van der Waals surface area contributed by atoms with Crippen molar-refractivity contribution in [2.45, 2.75) is 18.9 Å². The molecule has 1 aromatic rings. The largest absolute Gasteiger partial charge is 0.465 e. The second-order valence-corrected chi connectivity index (χ2v) is 4.35. The molecular weight excluding hydrogens is 235 g/mol. The lowest BCUT2D eigenvalue weighted by Gasteiger charge is -2.25. The molecule has 0 bridgehead atoms. The van der Waals surface area contributed by atoms with Gasteiger partial charge in [0.15, 0.2) is 0 Å². The summed E-state index contributed by atoms with van der Waals surface area (Å²) in [6.07, 6.45) is 1.97. The predicted molar refractivity (Wildman–Crippen MR) is 67.3 cm³/mol. The first-order valence-corrected chi connectivity index (χ1v) is 6.06. The molecule has 1 fully saturated rings.